The zero-order chi connectivity index (χ0) is 16.2. The van der Waals surface area contributed by atoms with Crippen molar-refractivity contribution in [2.24, 2.45) is 0 Å². The predicted octanol–water partition coefficient (Wildman–Crippen LogP) is 2.22. The van der Waals surface area contributed by atoms with Gasteiger partial charge in [0.2, 0.25) is 0 Å². The molecule has 2 heterocycles. The van der Waals surface area contributed by atoms with E-state index < -0.39 is 12.0 Å². The lowest BCUT2D eigenvalue weighted by Crippen LogP contribution is -2.48. The maximum Gasteiger partial charge on any atom is 0.326 e. The molecule has 1 aromatic carbocycles. The second-order valence-electron chi connectivity index (χ2n) is 5.51. The van der Waals surface area contributed by atoms with Crippen molar-refractivity contribution in [1.29, 1.82) is 0 Å². The van der Waals surface area contributed by atoms with Gasteiger partial charge < -0.3 is 10.0 Å². The van der Waals surface area contributed by atoms with Crippen molar-refractivity contribution in [2.45, 2.75) is 25.3 Å². The summed E-state index contributed by atoms with van der Waals surface area (Å²) in [6, 6.07) is 8.71. The van der Waals surface area contributed by atoms with Crippen molar-refractivity contribution in [3.05, 3.63) is 48.3 Å². The Balaban J connectivity index is 1.81. The van der Waals surface area contributed by atoms with Gasteiger partial charge >= 0.3 is 5.97 Å². The third-order valence-corrected chi connectivity index (χ3v) is 3.98. The monoisotopic (exact) mass is 311 g/mol. The summed E-state index contributed by atoms with van der Waals surface area (Å²) in [7, 11) is 0. The summed E-state index contributed by atoms with van der Waals surface area (Å²) in [4.78, 5) is 33.7. The molecule has 0 bridgehead atoms. The molecular formula is C17H17N3O3. The number of hydrogen-bond acceptors (Lipinski definition) is 4. The number of rotatable bonds is 3. The van der Waals surface area contributed by atoms with E-state index in [-0.39, 0.29) is 5.91 Å². The number of hydrogen-bond donors (Lipinski definition) is 1. The Morgan fingerprint density at radius 3 is 2.43 bits per heavy atom. The topological polar surface area (TPSA) is 83.4 Å². The molecule has 118 valence electrons. The van der Waals surface area contributed by atoms with E-state index in [0.717, 1.165) is 18.4 Å². The average Bonchev–Trinajstić information content (AvgIpc) is 2.62. The van der Waals surface area contributed by atoms with Gasteiger partial charge in [0, 0.05) is 24.5 Å². The minimum absolute atomic E-state index is 0.317. The molecule has 1 saturated heterocycles. The maximum absolute atomic E-state index is 12.5. The van der Waals surface area contributed by atoms with Crippen LogP contribution in [0.15, 0.2) is 42.7 Å². The summed E-state index contributed by atoms with van der Waals surface area (Å²) in [5.41, 5.74) is 1.19. The van der Waals surface area contributed by atoms with Gasteiger partial charge in [-0.3, -0.25) is 4.79 Å². The Morgan fingerprint density at radius 1 is 1.09 bits per heavy atom. The van der Waals surface area contributed by atoms with Crippen LogP contribution in [0.2, 0.25) is 0 Å². The first-order valence-electron chi connectivity index (χ1n) is 7.58. The molecule has 2 aromatic rings. The fraction of sp³-hybridized carbons (Fsp3) is 0.294. The van der Waals surface area contributed by atoms with Crippen molar-refractivity contribution in [3.8, 4) is 11.4 Å². The van der Waals surface area contributed by atoms with E-state index in [2.05, 4.69) is 9.97 Å². The standard InChI is InChI=1S/C17H17N3O3/c21-16(20-9-5-4-8-14(20)17(22)23)13-10-18-15(19-11-13)12-6-2-1-3-7-12/h1-3,6-7,10-11,14H,4-5,8-9H2,(H,22,23). The highest BCUT2D eigenvalue weighted by atomic mass is 16.4. The molecule has 1 aliphatic rings. The lowest BCUT2D eigenvalue weighted by molar-refractivity contribution is -0.143. The van der Waals surface area contributed by atoms with Crippen LogP contribution in [-0.2, 0) is 4.79 Å². The summed E-state index contributed by atoms with van der Waals surface area (Å²) >= 11 is 0. The Morgan fingerprint density at radius 2 is 1.78 bits per heavy atom. The first-order chi connectivity index (χ1) is 11.2. The Kier molecular flexibility index (Phi) is 4.32. The van der Waals surface area contributed by atoms with Crippen molar-refractivity contribution in [1.82, 2.24) is 14.9 Å². The molecule has 1 atom stereocenters. The van der Waals surface area contributed by atoms with Gasteiger partial charge in [-0.1, -0.05) is 30.3 Å². The Bertz CT molecular complexity index is 701. The zero-order valence-electron chi connectivity index (χ0n) is 12.6. The lowest BCUT2D eigenvalue weighted by atomic mass is 10.0. The number of carbonyl (C=O) groups excluding carboxylic acids is 1. The molecule has 0 aliphatic carbocycles. The second-order valence-corrected chi connectivity index (χ2v) is 5.51. The van der Waals surface area contributed by atoms with Crippen LogP contribution in [0.1, 0.15) is 29.6 Å². The van der Waals surface area contributed by atoms with E-state index in [9.17, 15) is 14.7 Å². The summed E-state index contributed by atoms with van der Waals surface area (Å²) in [5, 5.41) is 9.27. The number of carboxylic acid groups (broad SMARTS) is 1. The molecule has 1 unspecified atom stereocenters. The minimum atomic E-state index is -0.958. The minimum Gasteiger partial charge on any atom is -0.480 e. The van der Waals surface area contributed by atoms with E-state index in [0.29, 0.717) is 24.4 Å². The van der Waals surface area contributed by atoms with Gasteiger partial charge in [0.1, 0.15) is 6.04 Å². The molecule has 0 radical (unpaired) electrons. The fourth-order valence-electron chi connectivity index (χ4n) is 2.77. The van der Waals surface area contributed by atoms with Crippen molar-refractivity contribution >= 4 is 11.9 Å². The van der Waals surface area contributed by atoms with E-state index in [1.807, 2.05) is 30.3 Å². The van der Waals surface area contributed by atoms with Crippen LogP contribution in [0, 0.1) is 0 Å². The first kappa shape index (κ1) is 15.1. The van der Waals surface area contributed by atoms with Crippen molar-refractivity contribution in [3.63, 3.8) is 0 Å². The van der Waals surface area contributed by atoms with E-state index in [1.54, 1.807) is 0 Å². The van der Waals surface area contributed by atoms with Crippen LogP contribution in [0.4, 0.5) is 0 Å². The summed E-state index contributed by atoms with van der Waals surface area (Å²) < 4.78 is 0. The predicted molar refractivity (Wildman–Crippen MR) is 83.8 cm³/mol. The number of aliphatic carboxylic acids is 1. The number of piperidine rings is 1. The van der Waals surface area contributed by atoms with Crippen LogP contribution in [-0.4, -0.2) is 44.4 Å². The van der Waals surface area contributed by atoms with Gasteiger partial charge in [-0.25, -0.2) is 14.8 Å². The number of nitrogens with zero attached hydrogens (tertiary/aromatic N) is 3. The molecule has 6 heteroatoms. The molecular weight excluding hydrogens is 294 g/mol. The molecule has 3 rings (SSSR count). The Hall–Kier alpha value is -2.76. The number of carbonyl (C=O) groups is 2. The fourth-order valence-corrected chi connectivity index (χ4v) is 2.77. The highest BCUT2D eigenvalue weighted by Gasteiger charge is 2.32. The zero-order valence-corrected chi connectivity index (χ0v) is 12.6. The first-order valence-corrected chi connectivity index (χ1v) is 7.58. The lowest BCUT2D eigenvalue weighted by Gasteiger charge is -2.32. The molecule has 23 heavy (non-hydrogen) atoms. The van der Waals surface area contributed by atoms with Crippen molar-refractivity contribution in [2.75, 3.05) is 6.54 Å². The average molecular weight is 311 g/mol. The van der Waals surface area contributed by atoms with Gasteiger partial charge in [0.05, 0.1) is 5.56 Å². The summed E-state index contributed by atoms with van der Waals surface area (Å²) in [5.74, 6) is -0.743. The van der Waals surface area contributed by atoms with Crippen LogP contribution < -0.4 is 0 Å². The van der Waals surface area contributed by atoms with Gasteiger partial charge in [0.15, 0.2) is 5.82 Å². The molecule has 1 N–H and O–H groups in total. The third kappa shape index (κ3) is 3.21. The normalized spacial score (nSPS) is 17.7. The quantitative estimate of drug-likeness (QED) is 0.939. The van der Waals surface area contributed by atoms with Crippen LogP contribution >= 0.6 is 0 Å². The molecule has 1 fully saturated rings. The second kappa shape index (κ2) is 6.56. The van der Waals surface area contributed by atoms with Gasteiger partial charge in [0.25, 0.3) is 5.91 Å². The number of aromatic nitrogens is 2. The van der Waals surface area contributed by atoms with Crippen LogP contribution in [0.3, 0.4) is 0 Å². The number of amides is 1. The Labute approximate surface area is 133 Å². The molecule has 1 amide bonds. The molecule has 6 nitrogen and oxygen atoms in total. The number of carboxylic acids is 1. The number of benzene rings is 1. The SMILES string of the molecule is O=C(O)C1CCCCN1C(=O)c1cnc(-c2ccccc2)nc1. The smallest absolute Gasteiger partial charge is 0.326 e. The summed E-state index contributed by atoms with van der Waals surface area (Å²) in [6.45, 7) is 0.455. The highest BCUT2D eigenvalue weighted by molar-refractivity contribution is 5.96. The molecule has 1 aliphatic heterocycles. The molecule has 0 spiro atoms. The summed E-state index contributed by atoms with van der Waals surface area (Å²) in [6.07, 6.45) is 5.06. The van der Waals surface area contributed by atoms with Gasteiger partial charge in [-0.05, 0) is 19.3 Å². The van der Waals surface area contributed by atoms with Crippen LogP contribution in [0.25, 0.3) is 11.4 Å². The van der Waals surface area contributed by atoms with Crippen LogP contribution in [0.5, 0.6) is 0 Å². The van der Waals surface area contributed by atoms with Gasteiger partial charge in [-0.2, -0.15) is 0 Å². The van der Waals surface area contributed by atoms with Gasteiger partial charge in [-0.15, -0.1) is 0 Å². The van der Waals surface area contributed by atoms with E-state index >= 15 is 0 Å². The molecule has 0 saturated carbocycles. The maximum atomic E-state index is 12.5. The highest BCUT2D eigenvalue weighted by Crippen LogP contribution is 2.20. The third-order valence-electron chi connectivity index (χ3n) is 3.98. The van der Waals surface area contributed by atoms with Crippen molar-refractivity contribution < 1.29 is 14.7 Å². The largest absolute Gasteiger partial charge is 0.480 e. The van der Waals surface area contributed by atoms with E-state index in [1.165, 1.54) is 17.3 Å². The number of likely N-dealkylation sites (tertiary alicyclic amines) is 1. The molecule has 1 aromatic heterocycles. The van der Waals surface area contributed by atoms with E-state index in [4.69, 9.17) is 0 Å².